The van der Waals surface area contributed by atoms with Crippen LogP contribution in [-0.2, 0) is 16.1 Å². The van der Waals surface area contributed by atoms with Crippen LogP contribution in [0.4, 0.5) is 4.39 Å². The van der Waals surface area contributed by atoms with Gasteiger partial charge in [-0.1, -0.05) is 29.3 Å². The standard InChI is InChI=1S/C27H28Cl2FN5O2/c1-16-11-18(30)5-6-19(16)22-12-17(14-34-7-9-35(10-8-34)15-24(31)36)13-23(33-22)26(27(32)37)25-20(28)3-2-4-21(25)29/h2-6,11-13,26H,7-10,14-15H2,1H3,(H2,31,36)(H2,32,37). The monoisotopic (exact) mass is 543 g/mol. The summed E-state index contributed by atoms with van der Waals surface area (Å²) in [5.41, 5.74) is 14.9. The lowest BCUT2D eigenvalue weighted by Gasteiger charge is -2.34. The summed E-state index contributed by atoms with van der Waals surface area (Å²) in [6, 6.07) is 13.3. The Kier molecular flexibility index (Phi) is 8.44. The molecule has 1 saturated heterocycles. The summed E-state index contributed by atoms with van der Waals surface area (Å²) in [5, 5.41) is 0.627. The van der Waals surface area contributed by atoms with Crippen molar-refractivity contribution in [1.29, 1.82) is 0 Å². The number of nitrogens with two attached hydrogens (primary N) is 2. The Labute approximate surface area is 225 Å². The molecule has 0 bridgehead atoms. The molecular formula is C27H28Cl2FN5O2. The van der Waals surface area contributed by atoms with Crippen molar-refractivity contribution < 1.29 is 14.0 Å². The Balaban J connectivity index is 1.75. The lowest BCUT2D eigenvalue weighted by atomic mass is 9.92. The van der Waals surface area contributed by atoms with E-state index >= 15 is 0 Å². The van der Waals surface area contributed by atoms with Crippen molar-refractivity contribution in [2.45, 2.75) is 19.4 Å². The molecule has 3 aromatic rings. The molecule has 1 atom stereocenters. The van der Waals surface area contributed by atoms with Gasteiger partial charge < -0.3 is 11.5 Å². The summed E-state index contributed by atoms with van der Waals surface area (Å²) in [5.74, 6) is -2.30. The van der Waals surface area contributed by atoms with E-state index in [1.165, 1.54) is 12.1 Å². The molecule has 37 heavy (non-hydrogen) atoms. The van der Waals surface area contributed by atoms with Gasteiger partial charge >= 0.3 is 0 Å². The predicted octanol–water partition coefficient (Wildman–Crippen LogP) is 3.72. The maximum atomic E-state index is 13.8. The van der Waals surface area contributed by atoms with Crippen LogP contribution in [0.2, 0.25) is 10.0 Å². The van der Waals surface area contributed by atoms with E-state index in [1.807, 2.05) is 17.0 Å². The van der Waals surface area contributed by atoms with Crippen molar-refractivity contribution in [2.75, 3.05) is 32.7 Å². The Morgan fingerprint density at radius 3 is 2.24 bits per heavy atom. The van der Waals surface area contributed by atoms with E-state index in [0.717, 1.165) is 24.2 Å². The lowest BCUT2D eigenvalue weighted by Crippen LogP contribution is -2.48. The highest BCUT2D eigenvalue weighted by Gasteiger charge is 2.28. The van der Waals surface area contributed by atoms with Crippen molar-refractivity contribution >= 4 is 35.0 Å². The predicted molar refractivity (Wildman–Crippen MR) is 143 cm³/mol. The zero-order valence-electron chi connectivity index (χ0n) is 20.4. The third kappa shape index (κ3) is 6.45. The number of hydrogen-bond donors (Lipinski definition) is 2. The largest absolute Gasteiger partial charge is 0.369 e. The van der Waals surface area contributed by atoms with Gasteiger partial charge in [0.1, 0.15) is 11.7 Å². The van der Waals surface area contributed by atoms with Gasteiger partial charge in [-0.25, -0.2) is 4.39 Å². The van der Waals surface area contributed by atoms with Crippen LogP contribution in [0.1, 0.15) is 28.3 Å². The molecule has 2 aromatic carbocycles. The van der Waals surface area contributed by atoms with Gasteiger partial charge in [-0.3, -0.25) is 24.4 Å². The first-order valence-corrected chi connectivity index (χ1v) is 12.6. The van der Waals surface area contributed by atoms with Gasteiger partial charge in [0.25, 0.3) is 0 Å². The topological polar surface area (TPSA) is 106 Å². The third-order valence-electron chi connectivity index (χ3n) is 6.49. The molecule has 0 saturated carbocycles. The third-order valence-corrected chi connectivity index (χ3v) is 7.15. The van der Waals surface area contributed by atoms with Gasteiger partial charge in [0, 0.05) is 53.9 Å². The number of hydrogen-bond acceptors (Lipinski definition) is 5. The number of primary amides is 2. The average Bonchev–Trinajstić information content (AvgIpc) is 2.82. The molecule has 7 nitrogen and oxygen atoms in total. The van der Waals surface area contributed by atoms with Gasteiger partial charge in [-0.05, 0) is 60.5 Å². The number of benzene rings is 2. The van der Waals surface area contributed by atoms with Crippen molar-refractivity contribution in [3.05, 3.63) is 86.8 Å². The minimum Gasteiger partial charge on any atom is -0.369 e. The molecule has 1 aliphatic rings. The second kappa shape index (κ2) is 11.6. The maximum Gasteiger partial charge on any atom is 0.231 e. The second-order valence-electron chi connectivity index (χ2n) is 9.23. The Bertz CT molecular complexity index is 1310. The average molecular weight is 544 g/mol. The first-order chi connectivity index (χ1) is 17.6. The molecule has 4 N–H and O–H groups in total. The second-order valence-corrected chi connectivity index (χ2v) is 10.0. The van der Waals surface area contributed by atoms with Crippen LogP contribution in [0.15, 0.2) is 48.5 Å². The molecule has 194 valence electrons. The number of piperazine rings is 1. The number of aromatic nitrogens is 1. The molecule has 1 aromatic heterocycles. The number of aryl methyl sites for hydroxylation is 1. The van der Waals surface area contributed by atoms with Crippen LogP contribution < -0.4 is 11.5 Å². The van der Waals surface area contributed by atoms with Crippen LogP contribution in [0.3, 0.4) is 0 Å². The highest BCUT2D eigenvalue weighted by atomic mass is 35.5. The van der Waals surface area contributed by atoms with E-state index in [4.69, 9.17) is 39.7 Å². The minimum absolute atomic E-state index is 0.236. The summed E-state index contributed by atoms with van der Waals surface area (Å²) in [4.78, 5) is 33.1. The number of nitrogens with zero attached hydrogens (tertiary/aromatic N) is 3. The van der Waals surface area contributed by atoms with E-state index < -0.39 is 11.8 Å². The normalized spacial score (nSPS) is 15.5. The van der Waals surface area contributed by atoms with Crippen molar-refractivity contribution in [3.63, 3.8) is 0 Å². The fourth-order valence-electron chi connectivity index (χ4n) is 4.71. The summed E-state index contributed by atoms with van der Waals surface area (Å²) >= 11 is 12.9. The fourth-order valence-corrected chi connectivity index (χ4v) is 5.32. The fraction of sp³-hybridized carbons (Fsp3) is 0.296. The van der Waals surface area contributed by atoms with E-state index in [-0.39, 0.29) is 18.3 Å². The molecule has 0 radical (unpaired) electrons. The van der Waals surface area contributed by atoms with Crippen LogP contribution >= 0.6 is 23.2 Å². The van der Waals surface area contributed by atoms with Gasteiger partial charge in [0.2, 0.25) is 11.8 Å². The first kappa shape index (κ1) is 27.0. The SMILES string of the molecule is Cc1cc(F)ccc1-c1cc(CN2CCN(CC(N)=O)CC2)cc(C(C(N)=O)c2c(Cl)cccc2Cl)n1. The molecule has 0 aliphatic carbocycles. The van der Waals surface area contributed by atoms with Gasteiger partial charge in [-0.2, -0.15) is 0 Å². The highest BCUT2D eigenvalue weighted by Crippen LogP contribution is 2.36. The zero-order valence-corrected chi connectivity index (χ0v) is 21.9. The molecule has 10 heteroatoms. The van der Waals surface area contributed by atoms with Gasteiger partial charge in [-0.15, -0.1) is 0 Å². The quantitative estimate of drug-likeness (QED) is 0.450. The summed E-state index contributed by atoms with van der Waals surface area (Å²) in [6.45, 7) is 5.53. The Morgan fingerprint density at radius 1 is 1.00 bits per heavy atom. The summed E-state index contributed by atoms with van der Waals surface area (Å²) in [6.07, 6.45) is 0. The van der Waals surface area contributed by atoms with Crippen molar-refractivity contribution in [2.24, 2.45) is 11.5 Å². The molecule has 1 fully saturated rings. The van der Waals surface area contributed by atoms with Crippen LogP contribution in [0.25, 0.3) is 11.3 Å². The van der Waals surface area contributed by atoms with Crippen molar-refractivity contribution in [3.8, 4) is 11.3 Å². The first-order valence-electron chi connectivity index (χ1n) is 11.9. The highest BCUT2D eigenvalue weighted by molar-refractivity contribution is 6.36. The molecule has 0 spiro atoms. The molecule has 1 unspecified atom stereocenters. The Hall–Kier alpha value is -3.04. The molecule has 2 amide bonds. The zero-order chi connectivity index (χ0) is 26.7. The van der Waals surface area contributed by atoms with E-state index in [9.17, 15) is 14.0 Å². The lowest BCUT2D eigenvalue weighted by molar-refractivity contribution is -0.120. The summed E-state index contributed by atoms with van der Waals surface area (Å²) in [7, 11) is 0. The van der Waals surface area contributed by atoms with Crippen LogP contribution in [-0.4, -0.2) is 59.3 Å². The molecular weight excluding hydrogens is 516 g/mol. The molecule has 4 rings (SSSR count). The number of amides is 2. The van der Waals surface area contributed by atoms with Crippen LogP contribution in [0, 0.1) is 12.7 Å². The summed E-state index contributed by atoms with van der Waals surface area (Å²) < 4.78 is 13.8. The number of carbonyl (C=O) groups is 2. The minimum atomic E-state index is -0.979. The number of pyridine rings is 1. The van der Waals surface area contributed by atoms with Crippen molar-refractivity contribution in [1.82, 2.24) is 14.8 Å². The van der Waals surface area contributed by atoms with Gasteiger partial charge in [0.15, 0.2) is 0 Å². The van der Waals surface area contributed by atoms with E-state index in [1.54, 1.807) is 31.2 Å². The maximum absolute atomic E-state index is 13.8. The smallest absolute Gasteiger partial charge is 0.231 e. The van der Waals surface area contributed by atoms with E-state index in [0.29, 0.717) is 52.2 Å². The number of halogens is 3. The number of rotatable bonds is 8. The molecule has 1 aliphatic heterocycles. The van der Waals surface area contributed by atoms with E-state index in [2.05, 4.69) is 4.90 Å². The van der Waals surface area contributed by atoms with Gasteiger partial charge in [0.05, 0.1) is 17.9 Å². The van der Waals surface area contributed by atoms with Crippen LogP contribution in [0.5, 0.6) is 0 Å². The molecule has 2 heterocycles. The Morgan fingerprint density at radius 2 is 1.65 bits per heavy atom. The number of carbonyl (C=O) groups excluding carboxylic acids is 2.